The number of esters is 1. The molecular weight excluding hydrogens is 286 g/mol. The summed E-state index contributed by atoms with van der Waals surface area (Å²) in [5.41, 5.74) is 0.249. The fraction of sp³-hybridized carbons (Fsp3) is 0.333. The molecule has 20 heavy (non-hydrogen) atoms. The van der Waals surface area contributed by atoms with Gasteiger partial charge in [-0.1, -0.05) is 0 Å². The van der Waals surface area contributed by atoms with Crippen LogP contribution in [-0.2, 0) is 19.6 Å². The Morgan fingerprint density at radius 3 is 2.25 bits per heavy atom. The number of ether oxygens (including phenoxy) is 1. The molecule has 0 bridgehead atoms. The molecule has 1 saturated heterocycles. The van der Waals surface area contributed by atoms with Crippen LogP contribution in [0.15, 0.2) is 29.2 Å². The number of rotatable bonds is 4. The molecule has 0 aliphatic carbocycles. The van der Waals surface area contributed by atoms with E-state index in [9.17, 15) is 18.0 Å². The number of carbonyl (C=O) groups excluding carboxylic acids is 1. The summed E-state index contributed by atoms with van der Waals surface area (Å²) >= 11 is 0. The number of methoxy groups -OCH3 is 1. The molecule has 1 N–H and O–H groups in total. The summed E-state index contributed by atoms with van der Waals surface area (Å²) in [6.45, 7) is -0.0627. The third-order valence-electron chi connectivity index (χ3n) is 3.11. The van der Waals surface area contributed by atoms with Gasteiger partial charge in [0.15, 0.2) is 0 Å². The highest BCUT2D eigenvalue weighted by Gasteiger charge is 2.40. The highest BCUT2D eigenvalue weighted by atomic mass is 32.2. The van der Waals surface area contributed by atoms with Crippen LogP contribution in [0.5, 0.6) is 0 Å². The summed E-state index contributed by atoms with van der Waals surface area (Å²) in [5.74, 6) is -2.21. The van der Waals surface area contributed by atoms with Gasteiger partial charge in [-0.25, -0.2) is 13.2 Å². The van der Waals surface area contributed by atoms with Crippen LogP contribution < -0.4 is 0 Å². The Kier molecular flexibility index (Phi) is 3.78. The maximum absolute atomic E-state index is 12.2. The minimum atomic E-state index is -3.70. The third-order valence-corrected chi connectivity index (χ3v) is 4.96. The van der Waals surface area contributed by atoms with Gasteiger partial charge in [0.05, 0.1) is 23.5 Å². The molecule has 1 aromatic carbocycles. The maximum atomic E-state index is 12.2. The van der Waals surface area contributed by atoms with Crippen molar-refractivity contribution in [2.75, 3.05) is 20.2 Å². The van der Waals surface area contributed by atoms with E-state index in [2.05, 4.69) is 4.74 Å². The summed E-state index contributed by atoms with van der Waals surface area (Å²) in [6.07, 6.45) is 0. The second-order valence-corrected chi connectivity index (χ2v) is 6.31. The third kappa shape index (κ3) is 2.52. The molecule has 2 rings (SSSR count). The molecule has 1 fully saturated rings. The van der Waals surface area contributed by atoms with Gasteiger partial charge >= 0.3 is 11.9 Å². The Balaban J connectivity index is 2.15. The first-order valence-corrected chi connectivity index (χ1v) is 7.21. The average Bonchev–Trinajstić information content (AvgIpc) is 2.35. The van der Waals surface area contributed by atoms with E-state index < -0.39 is 27.9 Å². The lowest BCUT2D eigenvalue weighted by Gasteiger charge is -2.35. The van der Waals surface area contributed by atoms with Gasteiger partial charge in [-0.05, 0) is 24.3 Å². The molecule has 108 valence electrons. The number of hydrogen-bond donors (Lipinski definition) is 1. The molecule has 0 aromatic heterocycles. The van der Waals surface area contributed by atoms with E-state index in [1.54, 1.807) is 0 Å². The fourth-order valence-electron chi connectivity index (χ4n) is 1.82. The van der Waals surface area contributed by atoms with Crippen molar-refractivity contribution in [1.82, 2.24) is 4.31 Å². The number of carbonyl (C=O) groups is 2. The van der Waals surface area contributed by atoms with E-state index >= 15 is 0 Å². The van der Waals surface area contributed by atoms with E-state index in [1.165, 1.54) is 31.4 Å². The largest absolute Gasteiger partial charge is 0.481 e. The van der Waals surface area contributed by atoms with Crippen molar-refractivity contribution in [1.29, 1.82) is 0 Å². The number of benzene rings is 1. The fourth-order valence-corrected chi connectivity index (χ4v) is 3.35. The first-order chi connectivity index (χ1) is 9.36. The van der Waals surface area contributed by atoms with Crippen LogP contribution in [-0.4, -0.2) is 50.0 Å². The van der Waals surface area contributed by atoms with Gasteiger partial charge in [0.1, 0.15) is 0 Å². The van der Waals surface area contributed by atoms with Crippen LogP contribution in [0.25, 0.3) is 0 Å². The number of sulfonamides is 1. The summed E-state index contributed by atoms with van der Waals surface area (Å²) in [7, 11) is -2.46. The van der Waals surface area contributed by atoms with Crippen LogP contribution in [0.4, 0.5) is 0 Å². The summed E-state index contributed by atoms with van der Waals surface area (Å²) < 4.78 is 29.9. The molecule has 0 saturated carbocycles. The Morgan fingerprint density at radius 2 is 1.80 bits per heavy atom. The van der Waals surface area contributed by atoms with E-state index in [0.717, 1.165) is 4.31 Å². The summed E-state index contributed by atoms with van der Waals surface area (Å²) in [6, 6.07) is 5.31. The van der Waals surface area contributed by atoms with Crippen molar-refractivity contribution in [3.63, 3.8) is 0 Å². The molecule has 0 radical (unpaired) electrons. The number of hydrogen-bond acceptors (Lipinski definition) is 5. The van der Waals surface area contributed by atoms with Gasteiger partial charge in [0, 0.05) is 13.1 Å². The maximum Gasteiger partial charge on any atom is 0.337 e. The second kappa shape index (κ2) is 5.22. The van der Waals surface area contributed by atoms with Crippen molar-refractivity contribution in [3.8, 4) is 0 Å². The SMILES string of the molecule is COC(=O)c1ccc(S(=O)(=O)N2CC(C(=O)O)C2)cc1. The van der Waals surface area contributed by atoms with Crippen LogP contribution in [0, 0.1) is 5.92 Å². The number of carboxylic acids is 1. The minimum absolute atomic E-state index is 0.0222. The number of nitrogens with zero attached hydrogens (tertiary/aromatic N) is 1. The minimum Gasteiger partial charge on any atom is -0.481 e. The van der Waals surface area contributed by atoms with Crippen molar-refractivity contribution in [2.45, 2.75) is 4.90 Å². The average molecular weight is 299 g/mol. The molecule has 8 heteroatoms. The zero-order valence-electron chi connectivity index (χ0n) is 10.6. The van der Waals surface area contributed by atoms with Gasteiger partial charge in [-0.3, -0.25) is 4.79 Å². The first-order valence-electron chi connectivity index (χ1n) is 5.77. The van der Waals surface area contributed by atoms with Crippen LogP contribution >= 0.6 is 0 Å². The molecule has 0 unspecified atom stereocenters. The Hall–Kier alpha value is -1.93. The summed E-state index contributed by atoms with van der Waals surface area (Å²) in [4.78, 5) is 21.9. The van der Waals surface area contributed by atoms with Crippen LogP contribution in [0.3, 0.4) is 0 Å². The Bertz CT molecular complexity index is 630. The Labute approximate surface area is 115 Å². The van der Waals surface area contributed by atoms with Crippen LogP contribution in [0.2, 0.25) is 0 Å². The summed E-state index contributed by atoms with van der Waals surface area (Å²) in [5, 5.41) is 8.74. The molecule has 0 amide bonds. The lowest BCUT2D eigenvalue weighted by Crippen LogP contribution is -2.52. The van der Waals surface area contributed by atoms with Gasteiger partial charge in [-0.15, -0.1) is 0 Å². The molecule has 0 atom stereocenters. The molecule has 7 nitrogen and oxygen atoms in total. The number of aliphatic carboxylic acids is 1. The van der Waals surface area contributed by atoms with Crippen molar-refractivity contribution in [2.24, 2.45) is 5.92 Å². The van der Waals surface area contributed by atoms with Gasteiger partial charge in [-0.2, -0.15) is 4.31 Å². The quantitative estimate of drug-likeness (QED) is 0.796. The molecule has 0 spiro atoms. The molecular formula is C12H13NO6S. The molecule has 1 aliphatic heterocycles. The van der Waals surface area contributed by atoms with Gasteiger partial charge in [0.2, 0.25) is 10.0 Å². The monoisotopic (exact) mass is 299 g/mol. The van der Waals surface area contributed by atoms with Crippen molar-refractivity contribution >= 4 is 22.0 Å². The highest BCUT2D eigenvalue weighted by Crippen LogP contribution is 2.25. The van der Waals surface area contributed by atoms with E-state index in [1.807, 2.05) is 0 Å². The topological polar surface area (TPSA) is 101 Å². The van der Waals surface area contributed by atoms with Gasteiger partial charge in [0.25, 0.3) is 0 Å². The van der Waals surface area contributed by atoms with E-state index in [4.69, 9.17) is 5.11 Å². The predicted octanol–water partition coefficient (Wildman–Crippen LogP) is 0.178. The Morgan fingerprint density at radius 1 is 1.25 bits per heavy atom. The zero-order chi connectivity index (χ0) is 14.9. The lowest BCUT2D eigenvalue weighted by molar-refractivity contribution is -0.145. The van der Waals surface area contributed by atoms with Gasteiger partial charge < -0.3 is 9.84 Å². The normalized spacial score (nSPS) is 16.4. The highest BCUT2D eigenvalue weighted by molar-refractivity contribution is 7.89. The number of carboxylic acid groups (broad SMARTS) is 1. The smallest absolute Gasteiger partial charge is 0.337 e. The van der Waals surface area contributed by atoms with Crippen molar-refractivity contribution in [3.05, 3.63) is 29.8 Å². The van der Waals surface area contributed by atoms with Crippen LogP contribution in [0.1, 0.15) is 10.4 Å². The first kappa shape index (κ1) is 14.5. The second-order valence-electron chi connectivity index (χ2n) is 4.37. The van der Waals surface area contributed by atoms with E-state index in [-0.39, 0.29) is 23.5 Å². The predicted molar refractivity (Wildman–Crippen MR) is 67.7 cm³/mol. The standard InChI is InChI=1S/C12H13NO6S/c1-19-12(16)8-2-4-10(5-3-8)20(17,18)13-6-9(7-13)11(14)15/h2-5,9H,6-7H2,1H3,(H,14,15). The van der Waals surface area contributed by atoms with E-state index in [0.29, 0.717) is 0 Å². The van der Waals surface area contributed by atoms with Crippen molar-refractivity contribution < 1.29 is 27.9 Å². The lowest BCUT2D eigenvalue weighted by atomic mass is 10.0. The zero-order valence-corrected chi connectivity index (χ0v) is 11.5. The molecule has 1 aliphatic rings. The molecule has 1 aromatic rings. The molecule has 1 heterocycles.